The first-order chi connectivity index (χ1) is 10.0. The monoisotopic (exact) mass is 632 g/mol. The minimum atomic E-state index is 0.0335. The van der Waals surface area contributed by atoms with Gasteiger partial charge in [0.15, 0.2) is 5.78 Å². The fourth-order valence-electron chi connectivity index (χ4n) is 1.69. The molecule has 2 aromatic carbocycles. The number of allylic oxidation sites excluding steroid dienone is 1. The number of rotatable bonds is 4. The Morgan fingerprint density at radius 3 is 2.14 bits per heavy atom. The van der Waals surface area contributed by atoms with E-state index in [1.165, 1.54) is 10.7 Å². The molecule has 0 aliphatic heterocycles. The Balaban J connectivity index is 2.18. The van der Waals surface area contributed by atoms with Crippen molar-refractivity contribution in [2.45, 2.75) is 4.90 Å². The summed E-state index contributed by atoms with van der Waals surface area (Å²) >= 11 is 8.64. The quantitative estimate of drug-likeness (QED) is 0.133. The van der Waals surface area contributed by atoms with Gasteiger partial charge in [-0.2, -0.15) is 0 Å². The maximum atomic E-state index is 12.2. The number of thioether (sulfide) groups is 1. The molecule has 5 heteroatoms. The van der Waals surface area contributed by atoms with Gasteiger partial charge < -0.3 is 0 Å². The van der Waals surface area contributed by atoms with Gasteiger partial charge in [-0.3, -0.25) is 4.79 Å². The highest BCUT2D eigenvalue weighted by Crippen LogP contribution is 2.24. The summed E-state index contributed by atoms with van der Waals surface area (Å²) in [5.41, 5.74) is 1.78. The fraction of sp³-hybridized carbons (Fsp3) is 0.0625. The predicted octanol–water partition coefficient (Wildman–Crippen LogP) is 6.12. The summed E-state index contributed by atoms with van der Waals surface area (Å²) in [4.78, 5) is 13.3. The van der Waals surface area contributed by atoms with Gasteiger partial charge in [-0.1, -0.05) is 6.08 Å². The van der Waals surface area contributed by atoms with E-state index in [2.05, 4.69) is 79.9 Å². The average Bonchev–Trinajstić information content (AvgIpc) is 2.50. The highest BCUT2D eigenvalue weighted by Gasteiger charge is 2.04. The molecule has 1 nitrogen and oxygen atoms in total. The third-order valence-corrected chi connectivity index (χ3v) is 8.48. The first-order valence-electron chi connectivity index (χ1n) is 6.02. The first-order valence-corrected chi connectivity index (χ1v) is 10.5. The molecular weight excluding hydrogens is 621 g/mol. The van der Waals surface area contributed by atoms with E-state index < -0.39 is 0 Å². The molecule has 0 fully saturated rings. The number of hydrogen-bond donors (Lipinski definition) is 0. The smallest absolute Gasteiger partial charge is 0.185 e. The second kappa shape index (κ2) is 8.30. The zero-order valence-corrected chi connectivity index (χ0v) is 18.4. The van der Waals surface area contributed by atoms with Crippen molar-refractivity contribution in [2.75, 3.05) is 6.26 Å². The van der Waals surface area contributed by atoms with Crippen LogP contribution in [0.15, 0.2) is 47.4 Å². The largest absolute Gasteiger partial charge is 0.289 e. The van der Waals surface area contributed by atoms with Crippen LogP contribution in [0, 0.1) is 10.7 Å². The van der Waals surface area contributed by atoms with Gasteiger partial charge in [0.25, 0.3) is 0 Å². The minimum Gasteiger partial charge on any atom is -0.289 e. The highest BCUT2D eigenvalue weighted by molar-refractivity contribution is 14.1. The fourth-order valence-corrected chi connectivity index (χ4v) is 4.23. The SMILES string of the molecule is CSc1ccc(C(=O)C=Cc2cc(I)c(I)c(I)c2)cc1. The molecule has 0 saturated heterocycles. The molecular formula is C16H11I3OS. The van der Waals surface area contributed by atoms with Gasteiger partial charge in [0.2, 0.25) is 0 Å². The lowest BCUT2D eigenvalue weighted by atomic mass is 10.1. The zero-order valence-electron chi connectivity index (χ0n) is 11.1. The van der Waals surface area contributed by atoms with E-state index in [0.717, 1.165) is 16.0 Å². The van der Waals surface area contributed by atoms with Crippen molar-refractivity contribution < 1.29 is 4.79 Å². The van der Waals surface area contributed by atoms with E-state index in [0.29, 0.717) is 0 Å². The van der Waals surface area contributed by atoms with Crippen molar-refractivity contribution in [1.82, 2.24) is 0 Å². The van der Waals surface area contributed by atoms with Gasteiger partial charge >= 0.3 is 0 Å². The third-order valence-electron chi connectivity index (χ3n) is 2.81. The van der Waals surface area contributed by atoms with E-state index in [9.17, 15) is 4.79 Å². The van der Waals surface area contributed by atoms with Crippen LogP contribution in [-0.4, -0.2) is 12.0 Å². The van der Waals surface area contributed by atoms with Gasteiger partial charge in [0.1, 0.15) is 0 Å². The molecule has 0 spiro atoms. The van der Waals surface area contributed by atoms with E-state index in [1.54, 1.807) is 17.8 Å². The molecule has 2 aromatic rings. The Kier molecular flexibility index (Phi) is 7.01. The Labute approximate surface area is 169 Å². The van der Waals surface area contributed by atoms with Gasteiger partial charge in [0, 0.05) is 21.2 Å². The normalized spacial score (nSPS) is 11.0. The number of carbonyl (C=O) groups is 1. The molecule has 0 radical (unpaired) electrons. The van der Waals surface area contributed by atoms with E-state index in [-0.39, 0.29) is 5.78 Å². The van der Waals surface area contributed by atoms with Gasteiger partial charge in [0.05, 0.1) is 0 Å². The van der Waals surface area contributed by atoms with E-state index in [4.69, 9.17) is 0 Å². The summed E-state index contributed by atoms with van der Waals surface area (Å²) in [5.74, 6) is 0.0335. The summed E-state index contributed by atoms with van der Waals surface area (Å²) in [6, 6.07) is 11.9. The van der Waals surface area contributed by atoms with Crippen molar-refractivity contribution in [3.05, 3.63) is 64.3 Å². The minimum absolute atomic E-state index is 0.0335. The zero-order chi connectivity index (χ0) is 15.4. The summed E-state index contributed by atoms with van der Waals surface area (Å²) in [6.45, 7) is 0. The molecule has 0 N–H and O–H groups in total. The third kappa shape index (κ3) is 4.93. The number of hydrogen-bond acceptors (Lipinski definition) is 2. The molecule has 0 saturated carbocycles. The topological polar surface area (TPSA) is 17.1 Å². The van der Waals surface area contributed by atoms with Gasteiger partial charge in [-0.25, -0.2) is 0 Å². The molecule has 0 aliphatic rings. The van der Waals surface area contributed by atoms with Crippen molar-refractivity contribution in [3.63, 3.8) is 0 Å². The summed E-state index contributed by atoms with van der Waals surface area (Å²) in [7, 11) is 0. The number of benzene rings is 2. The van der Waals surface area contributed by atoms with Crippen LogP contribution < -0.4 is 0 Å². The molecule has 108 valence electrons. The highest BCUT2D eigenvalue weighted by atomic mass is 127. The standard InChI is InChI=1S/C16H11I3OS/c1-21-12-5-3-11(4-6-12)15(20)7-2-10-8-13(17)16(19)14(18)9-10/h2-9H,1H3. The number of carbonyl (C=O) groups excluding carboxylic acids is 1. The second-order valence-corrected chi connectivity index (χ2v) is 8.51. The van der Waals surface area contributed by atoms with Crippen LogP contribution in [0.25, 0.3) is 6.08 Å². The number of ketones is 1. The molecule has 0 bridgehead atoms. The van der Waals surface area contributed by atoms with E-state index in [1.807, 2.05) is 36.6 Å². The Bertz CT molecular complexity index is 670. The maximum Gasteiger partial charge on any atom is 0.185 e. The molecule has 0 unspecified atom stereocenters. The van der Waals surface area contributed by atoms with Gasteiger partial charge in [-0.05, 0) is 122 Å². The lowest BCUT2D eigenvalue weighted by molar-refractivity contribution is 0.104. The maximum absolute atomic E-state index is 12.2. The van der Waals surface area contributed by atoms with Crippen LogP contribution in [0.4, 0.5) is 0 Å². The summed E-state index contributed by atoms with van der Waals surface area (Å²) in [5, 5.41) is 0. The lowest BCUT2D eigenvalue weighted by Gasteiger charge is -2.02. The van der Waals surface area contributed by atoms with Crippen LogP contribution in [-0.2, 0) is 0 Å². The molecule has 2 rings (SSSR count). The van der Waals surface area contributed by atoms with Crippen LogP contribution in [0.3, 0.4) is 0 Å². The van der Waals surface area contributed by atoms with Crippen molar-refractivity contribution in [1.29, 1.82) is 0 Å². The van der Waals surface area contributed by atoms with Crippen LogP contribution in [0.1, 0.15) is 15.9 Å². The average molecular weight is 632 g/mol. The Morgan fingerprint density at radius 2 is 1.62 bits per heavy atom. The first kappa shape index (κ1) is 17.7. The molecule has 0 amide bonds. The van der Waals surface area contributed by atoms with Crippen molar-refractivity contribution in [3.8, 4) is 0 Å². The van der Waals surface area contributed by atoms with E-state index >= 15 is 0 Å². The van der Waals surface area contributed by atoms with Crippen LogP contribution in [0.5, 0.6) is 0 Å². The summed E-state index contributed by atoms with van der Waals surface area (Å²) < 4.78 is 3.66. The summed E-state index contributed by atoms with van der Waals surface area (Å²) in [6.07, 6.45) is 5.55. The predicted molar refractivity (Wildman–Crippen MR) is 116 cm³/mol. The van der Waals surface area contributed by atoms with Gasteiger partial charge in [-0.15, -0.1) is 11.8 Å². The number of halogens is 3. The Morgan fingerprint density at radius 1 is 1.05 bits per heavy atom. The van der Waals surface area contributed by atoms with Crippen molar-refractivity contribution >= 4 is 91.4 Å². The molecule has 21 heavy (non-hydrogen) atoms. The second-order valence-electron chi connectivity index (χ2n) is 4.22. The molecule has 0 atom stereocenters. The lowest BCUT2D eigenvalue weighted by Crippen LogP contribution is -1.94. The van der Waals surface area contributed by atoms with Crippen LogP contribution in [0.2, 0.25) is 0 Å². The molecule has 0 aromatic heterocycles. The molecule has 0 aliphatic carbocycles. The molecule has 0 heterocycles. The Hall–Kier alpha value is 0.390. The van der Waals surface area contributed by atoms with Crippen molar-refractivity contribution in [2.24, 2.45) is 0 Å². The van der Waals surface area contributed by atoms with Crippen LogP contribution >= 0.6 is 79.5 Å².